The number of fused-ring (bicyclic) bond motifs is 1. The molecule has 2 N–H and O–H groups in total. The molecule has 5 nitrogen and oxygen atoms in total. The van der Waals surface area contributed by atoms with Crippen molar-refractivity contribution in [2.45, 2.75) is 51.4 Å². The third kappa shape index (κ3) is 4.48. The number of amidine groups is 1. The van der Waals surface area contributed by atoms with Crippen molar-refractivity contribution < 1.29 is 9.15 Å². The number of nitrogens with zero attached hydrogens (tertiary/aromatic N) is 1. The van der Waals surface area contributed by atoms with Gasteiger partial charge in [-0.2, -0.15) is 0 Å². The van der Waals surface area contributed by atoms with Crippen LogP contribution in [0.3, 0.4) is 0 Å². The quantitative estimate of drug-likeness (QED) is 0.487. The molecule has 3 rings (SSSR count). The monoisotopic (exact) mass is 374 g/mol. The summed E-state index contributed by atoms with van der Waals surface area (Å²) in [6, 6.07) is 5.64. The predicted molar refractivity (Wildman–Crippen MR) is 108 cm³/mol. The Morgan fingerprint density at radius 2 is 2.19 bits per heavy atom. The molecule has 26 heavy (non-hydrogen) atoms. The Balaban J connectivity index is 1.81. The summed E-state index contributed by atoms with van der Waals surface area (Å²) in [5.41, 5.74) is 9.66. The van der Waals surface area contributed by atoms with Crippen LogP contribution in [-0.2, 0) is 10.5 Å². The van der Waals surface area contributed by atoms with E-state index in [1.54, 1.807) is 6.07 Å². The van der Waals surface area contributed by atoms with Gasteiger partial charge in [-0.25, -0.2) is 4.79 Å². The molecule has 1 aliphatic heterocycles. The van der Waals surface area contributed by atoms with Gasteiger partial charge in [0.25, 0.3) is 0 Å². The first kappa shape index (κ1) is 19.0. The molecule has 0 unspecified atom stereocenters. The number of hydrogen-bond acceptors (Lipinski definition) is 5. The van der Waals surface area contributed by atoms with Crippen molar-refractivity contribution in [1.82, 2.24) is 0 Å². The van der Waals surface area contributed by atoms with Crippen molar-refractivity contribution in [3.05, 3.63) is 45.3 Å². The summed E-state index contributed by atoms with van der Waals surface area (Å²) in [5, 5.41) is 1.50. The lowest BCUT2D eigenvalue weighted by atomic mass is 9.95. The first-order chi connectivity index (χ1) is 12.4. The molecule has 0 bridgehead atoms. The highest BCUT2D eigenvalue weighted by Crippen LogP contribution is 2.28. The largest absolute Gasteiger partial charge is 0.423 e. The van der Waals surface area contributed by atoms with E-state index < -0.39 is 0 Å². The maximum absolute atomic E-state index is 11.9. The molecule has 0 radical (unpaired) electrons. The topological polar surface area (TPSA) is 77.8 Å². The lowest BCUT2D eigenvalue weighted by molar-refractivity contribution is 0.118. The van der Waals surface area contributed by atoms with Crippen LogP contribution in [0.4, 0.5) is 0 Å². The molecular formula is C20H26N2O3S. The van der Waals surface area contributed by atoms with Crippen LogP contribution in [0.2, 0.25) is 0 Å². The number of aryl methyl sites for hydroxylation is 1. The van der Waals surface area contributed by atoms with Crippen molar-refractivity contribution in [2.75, 3.05) is 13.2 Å². The summed E-state index contributed by atoms with van der Waals surface area (Å²) in [6.45, 7) is 7.80. The first-order valence-electron chi connectivity index (χ1n) is 9.05. The normalized spacial score (nSPS) is 18.2. The SMILES string of the molecule is Cc1cc2oc(=O)cc(CSC(N)=NC[C@@H]3CCCO3)c2cc1C(C)C. The van der Waals surface area contributed by atoms with Crippen molar-refractivity contribution in [1.29, 1.82) is 0 Å². The number of benzene rings is 1. The Morgan fingerprint density at radius 1 is 1.38 bits per heavy atom. The van der Waals surface area contributed by atoms with Crippen molar-refractivity contribution in [3.63, 3.8) is 0 Å². The van der Waals surface area contributed by atoms with Crippen LogP contribution in [0.15, 0.2) is 32.4 Å². The minimum absolute atomic E-state index is 0.190. The molecular weight excluding hydrogens is 348 g/mol. The zero-order valence-corrected chi connectivity index (χ0v) is 16.4. The van der Waals surface area contributed by atoms with Crippen LogP contribution in [-0.4, -0.2) is 24.4 Å². The lowest BCUT2D eigenvalue weighted by Gasteiger charge is -2.13. The second-order valence-electron chi connectivity index (χ2n) is 7.05. The summed E-state index contributed by atoms with van der Waals surface area (Å²) in [5.74, 6) is 0.994. The summed E-state index contributed by atoms with van der Waals surface area (Å²) >= 11 is 1.45. The molecule has 1 saturated heterocycles. The van der Waals surface area contributed by atoms with Crippen LogP contribution < -0.4 is 11.4 Å². The Bertz CT molecular complexity index is 867. The Hall–Kier alpha value is -1.79. The van der Waals surface area contributed by atoms with Gasteiger partial charge in [0.1, 0.15) is 5.58 Å². The van der Waals surface area contributed by atoms with Gasteiger partial charge in [0.15, 0.2) is 5.17 Å². The molecule has 2 aromatic rings. The fourth-order valence-electron chi connectivity index (χ4n) is 3.31. The zero-order valence-electron chi connectivity index (χ0n) is 15.6. The first-order valence-corrected chi connectivity index (χ1v) is 10.0. The average Bonchev–Trinajstić information content (AvgIpc) is 3.10. The van der Waals surface area contributed by atoms with E-state index in [0.29, 0.717) is 29.0 Å². The number of thioether (sulfide) groups is 1. The lowest BCUT2D eigenvalue weighted by Crippen LogP contribution is -2.14. The van der Waals surface area contributed by atoms with E-state index in [4.69, 9.17) is 14.9 Å². The molecule has 1 fully saturated rings. The fraction of sp³-hybridized carbons (Fsp3) is 0.500. The highest BCUT2D eigenvalue weighted by atomic mass is 32.2. The average molecular weight is 375 g/mol. The van der Waals surface area contributed by atoms with Crippen LogP contribution in [0.25, 0.3) is 11.0 Å². The number of rotatable bonds is 5. The molecule has 6 heteroatoms. The molecule has 0 saturated carbocycles. The van der Waals surface area contributed by atoms with Crippen LogP contribution in [0, 0.1) is 6.92 Å². The standard InChI is InChI=1S/C20H26N2O3S/c1-12(2)16-9-17-14(8-19(23)25-18(17)7-13(16)3)11-26-20(21)22-10-15-5-4-6-24-15/h7-9,12,15H,4-6,10-11H2,1-3H3,(H2,21,22)/t15-/m0/s1. The van der Waals surface area contributed by atoms with E-state index in [1.807, 2.05) is 13.0 Å². The third-order valence-corrected chi connectivity index (χ3v) is 5.57. The molecule has 1 aromatic heterocycles. The van der Waals surface area contributed by atoms with Crippen molar-refractivity contribution >= 4 is 27.9 Å². The molecule has 1 atom stereocenters. The van der Waals surface area contributed by atoms with Crippen LogP contribution >= 0.6 is 11.8 Å². The van der Waals surface area contributed by atoms with Gasteiger partial charge >= 0.3 is 5.63 Å². The van der Waals surface area contributed by atoms with Gasteiger partial charge in [0, 0.05) is 23.8 Å². The second-order valence-corrected chi connectivity index (χ2v) is 8.05. The minimum atomic E-state index is -0.334. The number of nitrogens with two attached hydrogens (primary N) is 1. The molecule has 0 amide bonds. The fourth-order valence-corrected chi connectivity index (χ4v) is 4.02. The molecule has 1 aromatic carbocycles. The Morgan fingerprint density at radius 3 is 2.88 bits per heavy atom. The molecule has 1 aliphatic rings. The van der Waals surface area contributed by atoms with Gasteiger partial charge in [0.05, 0.1) is 12.6 Å². The summed E-state index contributed by atoms with van der Waals surface area (Å²) in [7, 11) is 0. The van der Waals surface area contributed by atoms with E-state index in [0.717, 1.165) is 36.0 Å². The van der Waals surface area contributed by atoms with E-state index in [1.165, 1.54) is 17.3 Å². The van der Waals surface area contributed by atoms with Gasteiger partial charge in [-0.1, -0.05) is 25.6 Å². The van der Waals surface area contributed by atoms with Crippen molar-refractivity contribution in [2.24, 2.45) is 10.7 Å². The molecule has 0 aliphatic carbocycles. The van der Waals surface area contributed by atoms with Gasteiger partial charge in [-0.15, -0.1) is 0 Å². The van der Waals surface area contributed by atoms with Gasteiger partial charge in [-0.3, -0.25) is 4.99 Å². The maximum atomic E-state index is 11.9. The third-order valence-electron chi connectivity index (χ3n) is 4.69. The van der Waals surface area contributed by atoms with E-state index in [9.17, 15) is 4.79 Å². The number of hydrogen-bond donors (Lipinski definition) is 1. The van der Waals surface area contributed by atoms with Gasteiger partial charge in [0.2, 0.25) is 0 Å². The van der Waals surface area contributed by atoms with Gasteiger partial charge in [-0.05, 0) is 54.5 Å². The Labute approximate surface area is 158 Å². The van der Waals surface area contributed by atoms with E-state index in [2.05, 4.69) is 24.9 Å². The van der Waals surface area contributed by atoms with E-state index in [-0.39, 0.29) is 11.7 Å². The van der Waals surface area contributed by atoms with E-state index >= 15 is 0 Å². The van der Waals surface area contributed by atoms with Crippen LogP contribution in [0.5, 0.6) is 0 Å². The zero-order chi connectivity index (χ0) is 18.7. The molecule has 0 spiro atoms. The Kier molecular flexibility index (Phi) is 6.04. The van der Waals surface area contributed by atoms with Crippen LogP contribution in [0.1, 0.15) is 49.3 Å². The number of aliphatic imine (C=N–C) groups is 1. The van der Waals surface area contributed by atoms with Gasteiger partial charge < -0.3 is 14.9 Å². The summed E-state index contributed by atoms with van der Waals surface area (Å²) < 4.78 is 11.0. The highest BCUT2D eigenvalue weighted by molar-refractivity contribution is 8.13. The molecule has 140 valence electrons. The second kappa shape index (κ2) is 8.27. The highest BCUT2D eigenvalue weighted by Gasteiger charge is 2.15. The predicted octanol–water partition coefficient (Wildman–Crippen LogP) is 3.95. The molecule has 2 heterocycles. The smallest absolute Gasteiger partial charge is 0.336 e. The summed E-state index contributed by atoms with van der Waals surface area (Å²) in [4.78, 5) is 16.3. The summed E-state index contributed by atoms with van der Waals surface area (Å²) in [6.07, 6.45) is 2.33. The minimum Gasteiger partial charge on any atom is -0.423 e. The number of ether oxygens (including phenoxy) is 1. The van der Waals surface area contributed by atoms with Crippen molar-refractivity contribution in [3.8, 4) is 0 Å². The maximum Gasteiger partial charge on any atom is 0.336 e.